The largest absolute Gasteiger partial charge is 0.327 e. The van der Waals surface area contributed by atoms with Gasteiger partial charge in [0, 0.05) is 27.3 Å². The molecule has 0 amide bonds. The molecule has 0 fully saturated rings. The Hall–Kier alpha value is 0.01000. The van der Waals surface area contributed by atoms with Crippen molar-refractivity contribution < 1.29 is 0 Å². The fourth-order valence-electron chi connectivity index (χ4n) is 1.12. The van der Waals surface area contributed by atoms with Gasteiger partial charge in [-0.05, 0) is 25.0 Å². The maximum absolute atomic E-state index is 5.85. The maximum atomic E-state index is 5.85. The van der Waals surface area contributed by atoms with Gasteiger partial charge in [0.2, 0.25) is 0 Å². The third kappa shape index (κ3) is 4.03. The molecule has 1 rings (SSSR count). The van der Waals surface area contributed by atoms with Crippen molar-refractivity contribution in [2.24, 2.45) is 5.73 Å². The van der Waals surface area contributed by atoms with Gasteiger partial charge in [0.25, 0.3) is 0 Å². The van der Waals surface area contributed by atoms with Crippen LogP contribution >= 0.6 is 23.1 Å². The molecule has 0 aromatic carbocycles. The Kier molecular flexibility index (Phi) is 5.60. The van der Waals surface area contributed by atoms with Gasteiger partial charge in [-0.2, -0.15) is 11.8 Å². The zero-order chi connectivity index (χ0) is 10.4. The Balaban J connectivity index is 2.24. The molecule has 1 aromatic heterocycles. The summed E-state index contributed by atoms with van der Waals surface area (Å²) in [7, 11) is 0. The molecular weight excluding hydrogens is 210 g/mol. The molecule has 0 radical (unpaired) electrons. The molecule has 0 aliphatic carbocycles. The van der Waals surface area contributed by atoms with E-state index in [0.29, 0.717) is 6.04 Å². The first-order valence-electron chi connectivity index (χ1n) is 5.17. The lowest BCUT2D eigenvalue weighted by atomic mass is 10.3. The molecule has 3 heteroatoms. The van der Waals surface area contributed by atoms with E-state index >= 15 is 0 Å². The van der Waals surface area contributed by atoms with E-state index < -0.39 is 0 Å². The molecule has 0 aliphatic heterocycles. The van der Waals surface area contributed by atoms with Crippen LogP contribution in [0.2, 0.25) is 0 Å². The van der Waals surface area contributed by atoms with Gasteiger partial charge in [-0.3, -0.25) is 0 Å². The van der Waals surface area contributed by atoms with E-state index in [0.717, 1.165) is 24.3 Å². The second-order valence-electron chi connectivity index (χ2n) is 3.41. The van der Waals surface area contributed by atoms with Crippen molar-refractivity contribution >= 4 is 23.1 Å². The van der Waals surface area contributed by atoms with Crippen molar-refractivity contribution in [1.29, 1.82) is 0 Å². The second kappa shape index (κ2) is 6.49. The average Bonchev–Trinajstić information content (AvgIpc) is 2.65. The third-order valence-corrected chi connectivity index (χ3v) is 4.76. The summed E-state index contributed by atoms with van der Waals surface area (Å²) in [5.74, 6) is 2.20. The molecule has 0 saturated heterocycles. The van der Waals surface area contributed by atoms with Gasteiger partial charge in [-0.1, -0.05) is 13.8 Å². The van der Waals surface area contributed by atoms with Gasteiger partial charge < -0.3 is 5.73 Å². The van der Waals surface area contributed by atoms with Crippen molar-refractivity contribution in [2.45, 2.75) is 38.5 Å². The van der Waals surface area contributed by atoms with E-state index in [-0.39, 0.29) is 0 Å². The SMILES string of the molecule is CCc1ccc(CSCC(N)CC)s1. The van der Waals surface area contributed by atoms with Crippen LogP contribution in [0.1, 0.15) is 30.0 Å². The van der Waals surface area contributed by atoms with Crippen molar-refractivity contribution in [3.05, 3.63) is 21.9 Å². The third-order valence-electron chi connectivity index (χ3n) is 2.17. The molecule has 0 bridgehead atoms. The molecule has 0 aliphatic rings. The van der Waals surface area contributed by atoms with Crippen molar-refractivity contribution in [3.8, 4) is 0 Å². The zero-order valence-corrected chi connectivity index (χ0v) is 10.6. The lowest BCUT2D eigenvalue weighted by Gasteiger charge is -2.06. The molecule has 1 heterocycles. The normalized spacial score (nSPS) is 13.1. The van der Waals surface area contributed by atoms with Crippen LogP contribution in [-0.2, 0) is 12.2 Å². The predicted molar refractivity (Wildman–Crippen MR) is 68.1 cm³/mol. The van der Waals surface area contributed by atoms with Gasteiger partial charge in [0.15, 0.2) is 0 Å². The fraction of sp³-hybridized carbons (Fsp3) is 0.636. The van der Waals surface area contributed by atoms with E-state index in [1.165, 1.54) is 9.75 Å². The Morgan fingerprint density at radius 1 is 1.36 bits per heavy atom. The van der Waals surface area contributed by atoms with Crippen LogP contribution in [0.4, 0.5) is 0 Å². The number of rotatable bonds is 6. The molecule has 2 N–H and O–H groups in total. The number of nitrogens with two attached hydrogens (primary N) is 1. The minimum absolute atomic E-state index is 0.366. The summed E-state index contributed by atoms with van der Waals surface area (Å²) in [5, 5.41) is 0. The average molecular weight is 229 g/mol. The maximum Gasteiger partial charge on any atom is 0.0279 e. The fourth-order valence-corrected chi connectivity index (χ4v) is 3.31. The second-order valence-corrected chi connectivity index (χ2v) is 5.69. The highest BCUT2D eigenvalue weighted by atomic mass is 32.2. The van der Waals surface area contributed by atoms with E-state index in [4.69, 9.17) is 5.73 Å². The van der Waals surface area contributed by atoms with Crippen molar-refractivity contribution in [3.63, 3.8) is 0 Å². The molecule has 1 aromatic rings. The number of hydrogen-bond donors (Lipinski definition) is 1. The van der Waals surface area contributed by atoms with Gasteiger partial charge in [-0.25, -0.2) is 0 Å². The molecule has 14 heavy (non-hydrogen) atoms. The Labute approximate surface area is 95.1 Å². The lowest BCUT2D eigenvalue weighted by Crippen LogP contribution is -2.21. The summed E-state index contributed by atoms with van der Waals surface area (Å²) < 4.78 is 0. The van der Waals surface area contributed by atoms with Crippen LogP contribution in [-0.4, -0.2) is 11.8 Å². The molecule has 1 nitrogen and oxygen atoms in total. The Morgan fingerprint density at radius 2 is 2.07 bits per heavy atom. The van der Waals surface area contributed by atoms with E-state index in [1.54, 1.807) is 0 Å². The van der Waals surface area contributed by atoms with Crippen LogP contribution in [0.15, 0.2) is 12.1 Å². The first-order valence-corrected chi connectivity index (χ1v) is 7.14. The van der Waals surface area contributed by atoms with Crippen LogP contribution in [0.3, 0.4) is 0 Å². The number of aryl methyl sites for hydroxylation is 1. The molecule has 0 saturated carbocycles. The Bertz CT molecular complexity index is 258. The minimum atomic E-state index is 0.366. The topological polar surface area (TPSA) is 26.0 Å². The monoisotopic (exact) mass is 229 g/mol. The van der Waals surface area contributed by atoms with Gasteiger partial charge in [0.05, 0.1) is 0 Å². The van der Waals surface area contributed by atoms with Crippen LogP contribution in [0, 0.1) is 0 Å². The zero-order valence-electron chi connectivity index (χ0n) is 8.95. The highest BCUT2D eigenvalue weighted by Crippen LogP contribution is 2.22. The number of thioether (sulfide) groups is 1. The van der Waals surface area contributed by atoms with Crippen molar-refractivity contribution in [1.82, 2.24) is 0 Å². The van der Waals surface area contributed by atoms with E-state index in [2.05, 4.69) is 26.0 Å². The molecule has 80 valence electrons. The van der Waals surface area contributed by atoms with Crippen LogP contribution < -0.4 is 5.73 Å². The molecule has 1 unspecified atom stereocenters. The van der Waals surface area contributed by atoms with Gasteiger partial charge in [0.1, 0.15) is 0 Å². The summed E-state index contributed by atoms with van der Waals surface area (Å²) in [6.45, 7) is 4.35. The summed E-state index contributed by atoms with van der Waals surface area (Å²) in [5.41, 5.74) is 5.85. The smallest absolute Gasteiger partial charge is 0.0279 e. The standard InChI is InChI=1S/C11H19NS2/c1-3-9(12)7-13-8-11-6-5-10(4-2)14-11/h5-6,9H,3-4,7-8,12H2,1-2H3. The quantitative estimate of drug-likeness (QED) is 0.810. The summed E-state index contributed by atoms with van der Waals surface area (Å²) in [6, 6.07) is 4.85. The highest BCUT2D eigenvalue weighted by molar-refractivity contribution is 7.98. The predicted octanol–water partition coefficient (Wildman–Crippen LogP) is 3.28. The molecule has 0 spiro atoms. The first kappa shape index (κ1) is 12.1. The molecular formula is C11H19NS2. The van der Waals surface area contributed by atoms with Crippen molar-refractivity contribution in [2.75, 3.05) is 5.75 Å². The van der Waals surface area contributed by atoms with Gasteiger partial charge >= 0.3 is 0 Å². The summed E-state index contributed by atoms with van der Waals surface area (Å²) in [4.78, 5) is 2.97. The van der Waals surface area contributed by atoms with E-state index in [9.17, 15) is 0 Å². The van der Waals surface area contributed by atoms with Crippen LogP contribution in [0.25, 0.3) is 0 Å². The summed E-state index contributed by atoms with van der Waals surface area (Å²) in [6.07, 6.45) is 2.24. The number of hydrogen-bond acceptors (Lipinski definition) is 3. The highest BCUT2D eigenvalue weighted by Gasteiger charge is 2.01. The minimum Gasteiger partial charge on any atom is -0.327 e. The first-order chi connectivity index (χ1) is 6.76. The number of thiophene rings is 1. The lowest BCUT2D eigenvalue weighted by molar-refractivity contribution is 0.725. The Morgan fingerprint density at radius 3 is 2.64 bits per heavy atom. The molecule has 1 atom stereocenters. The van der Waals surface area contributed by atoms with Gasteiger partial charge in [-0.15, -0.1) is 11.3 Å². The summed E-state index contributed by atoms with van der Waals surface area (Å²) >= 11 is 3.88. The van der Waals surface area contributed by atoms with E-state index in [1.807, 2.05) is 23.1 Å². The van der Waals surface area contributed by atoms with Crippen LogP contribution in [0.5, 0.6) is 0 Å².